The van der Waals surface area contributed by atoms with E-state index in [1.165, 1.54) is 0 Å². The second-order valence-corrected chi connectivity index (χ2v) is 9.51. The van der Waals surface area contributed by atoms with Crippen molar-refractivity contribution in [3.8, 4) is 0 Å². The van der Waals surface area contributed by atoms with Crippen LogP contribution in [0.2, 0.25) is 0 Å². The number of piperidine rings is 2. The van der Waals surface area contributed by atoms with E-state index in [0.29, 0.717) is 39.3 Å². The number of rotatable bonds is 2. The summed E-state index contributed by atoms with van der Waals surface area (Å²) in [6, 6.07) is 10.7. The van der Waals surface area contributed by atoms with Crippen molar-refractivity contribution < 1.29 is 9.59 Å². The molecule has 168 valence electrons. The van der Waals surface area contributed by atoms with Gasteiger partial charge in [-0.15, -0.1) is 0 Å². The number of carbonyl (C=O) groups excluding carboxylic acids is 2. The van der Waals surface area contributed by atoms with Crippen molar-refractivity contribution in [1.82, 2.24) is 18.9 Å². The number of likely N-dealkylation sites (tertiary alicyclic amines) is 2. The minimum atomic E-state index is -0.0456. The Balaban J connectivity index is 1.66. The van der Waals surface area contributed by atoms with E-state index in [9.17, 15) is 19.2 Å². The molecule has 5 heterocycles. The number of hydrogen-bond donors (Lipinski definition) is 0. The van der Waals surface area contributed by atoms with Crippen molar-refractivity contribution in [2.75, 3.05) is 26.2 Å². The zero-order valence-corrected chi connectivity index (χ0v) is 18.0. The highest BCUT2D eigenvalue weighted by Crippen LogP contribution is 2.35. The molecule has 3 aliphatic rings. The van der Waals surface area contributed by atoms with Crippen LogP contribution in [0.4, 0.5) is 0 Å². The molecule has 8 heteroatoms. The first-order chi connectivity index (χ1) is 15.6. The molecule has 32 heavy (non-hydrogen) atoms. The van der Waals surface area contributed by atoms with Crippen LogP contribution in [0.15, 0.2) is 46.0 Å². The summed E-state index contributed by atoms with van der Waals surface area (Å²) in [6.07, 6.45) is 3.37. The Morgan fingerprint density at radius 2 is 1.06 bits per heavy atom. The molecule has 8 nitrogen and oxygen atoms in total. The summed E-state index contributed by atoms with van der Waals surface area (Å²) in [5.41, 5.74) is 1.79. The van der Waals surface area contributed by atoms with Gasteiger partial charge in [-0.05, 0) is 36.8 Å². The van der Waals surface area contributed by atoms with E-state index in [1.807, 2.05) is 21.3 Å². The zero-order valence-electron chi connectivity index (χ0n) is 18.0. The zero-order chi connectivity index (χ0) is 22.2. The molecule has 3 aliphatic heterocycles. The molecule has 2 aromatic rings. The van der Waals surface area contributed by atoms with Gasteiger partial charge in [-0.25, -0.2) is 0 Å². The molecule has 0 spiro atoms. The van der Waals surface area contributed by atoms with Gasteiger partial charge in [-0.3, -0.25) is 19.2 Å². The predicted octanol–water partition coefficient (Wildman–Crippen LogP) is 0.848. The number of carbonyl (C=O) groups is 2. The highest BCUT2D eigenvalue weighted by molar-refractivity contribution is 5.48. The molecular weight excluding hydrogens is 408 g/mol. The van der Waals surface area contributed by atoms with Crippen LogP contribution in [0.3, 0.4) is 0 Å². The molecule has 4 unspecified atom stereocenters. The molecule has 0 aromatic carbocycles. The lowest BCUT2D eigenvalue weighted by atomic mass is 9.83. The Morgan fingerprint density at radius 3 is 1.47 bits per heavy atom. The lowest BCUT2D eigenvalue weighted by Gasteiger charge is -2.41. The SMILES string of the molecule is O=CN1CC2CC(C1)c1cccc(=O)n1CC1CC(CN(C=O)C1)c1cccc(=O)n1C2. The molecule has 2 amide bonds. The van der Waals surface area contributed by atoms with Crippen LogP contribution in [-0.2, 0) is 22.7 Å². The maximum atomic E-state index is 12.9. The van der Waals surface area contributed by atoms with E-state index in [1.54, 1.807) is 34.1 Å². The molecule has 4 bridgehead atoms. The average Bonchev–Trinajstić information content (AvgIpc) is 2.80. The normalized spacial score (nSPS) is 27.4. The first-order valence-corrected chi connectivity index (χ1v) is 11.3. The van der Waals surface area contributed by atoms with Gasteiger partial charge in [-0.1, -0.05) is 12.1 Å². The fourth-order valence-electron chi connectivity index (χ4n) is 6.04. The topological polar surface area (TPSA) is 84.6 Å². The summed E-state index contributed by atoms with van der Waals surface area (Å²) in [4.78, 5) is 52.8. The Labute approximate surface area is 186 Å². The van der Waals surface area contributed by atoms with Crippen LogP contribution < -0.4 is 11.1 Å². The number of amides is 2. The van der Waals surface area contributed by atoms with Crippen molar-refractivity contribution in [3.05, 3.63) is 68.5 Å². The molecule has 0 aliphatic carbocycles. The highest BCUT2D eigenvalue weighted by atomic mass is 16.1. The maximum Gasteiger partial charge on any atom is 0.250 e. The van der Waals surface area contributed by atoms with E-state index in [2.05, 4.69) is 0 Å². The molecule has 5 rings (SSSR count). The van der Waals surface area contributed by atoms with Crippen molar-refractivity contribution >= 4 is 12.8 Å². The third-order valence-corrected chi connectivity index (χ3v) is 7.31. The van der Waals surface area contributed by atoms with Crippen LogP contribution >= 0.6 is 0 Å². The predicted molar refractivity (Wildman–Crippen MR) is 118 cm³/mol. The number of fused-ring (bicyclic) bond motifs is 8. The largest absolute Gasteiger partial charge is 0.344 e. The summed E-state index contributed by atoms with van der Waals surface area (Å²) < 4.78 is 3.71. The number of pyridine rings is 2. The minimum absolute atomic E-state index is 0.0247. The van der Waals surface area contributed by atoms with Crippen LogP contribution in [0, 0.1) is 11.8 Å². The fraction of sp³-hybridized carbons (Fsp3) is 0.500. The molecule has 0 radical (unpaired) electrons. The average molecular weight is 437 g/mol. The monoisotopic (exact) mass is 436 g/mol. The summed E-state index contributed by atoms with van der Waals surface area (Å²) >= 11 is 0. The third kappa shape index (κ3) is 3.78. The molecule has 2 saturated heterocycles. The van der Waals surface area contributed by atoms with Crippen LogP contribution in [0.1, 0.15) is 36.1 Å². The molecular formula is C24H28N4O4. The van der Waals surface area contributed by atoms with E-state index in [0.717, 1.165) is 37.0 Å². The lowest BCUT2D eigenvalue weighted by molar-refractivity contribution is -0.120. The van der Waals surface area contributed by atoms with E-state index < -0.39 is 0 Å². The van der Waals surface area contributed by atoms with Gasteiger partial charge < -0.3 is 18.9 Å². The van der Waals surface area contributed by atoms with Crippen molar-refractivity contribution in [2.45, 2.75) is 37.8 Å². The lowest BCUT2D eigenvalue weighted by Crippen LogP contribution is -2.46. The second-order valence-electron chi connectivity index (χ2n) is 9.51. The van der Waals surface area contributed by atoms with Gasteiger partial charge in [0, 0.05) is 74.6 Å². The molecule has 0 N–H and O–H groups in total. The minimum Gasteiger partial charge on any atom is -0.344 e. The van der Waals surface area contributed by atoms with Crippen molar-refractivity contribution in [3.63, 3.8) is 0 Å². The second kappa shape index (κ2) is 8.41. The smallest absolute Gasteiger partial charge is 0.250 e. The highest BCUT2D eigenvalue weighted by Gasteiger charge is 2.34. The first-order valence-electron chi connectivity index (χ1n) is 11.3. The van der Waals surface area contributed by atoms with Gasteiger partial charge in [0.05, 0.1) is 0 Å². The standard InChI is InChI=1S/C24H28N4O4/c29-15-25-9-17-7-19(13-25)21-3-1-5-23(31)27(21)11-18-8-20(14-26(10-18)16-30)22-4-2-6-24(32)28(22)12-17/h1-6,15-20H,7-14H2. The van der Waals surface area contributed by atoms with Gasteiger partial charge in [0.25, 0.3) is 11.1 Å². The Bertz CT molecular complexity index is 1050. The molecule has 2 aromatic heterocycles. The van der Waals surface area contributed by atoms with Gasteiger partial charge >= 0.3 is 0 Å². The number of aromatic nitrogens is 2. The van der Waals surface area contributed by atoms with Crippen LogP contribution in [0.5, 0.6) is 0 Å². The number of nitrogens with zero attached hydrogens (tertiary/aromatic N) is 4. The quantitative estimate of drug-likeness (QED) is 0.654. The molecule has 0 saturated carbocycles. The Kier molecular flexibility index (Phi) is 5.45. The fourth-order valence-corrected chi connectivity index (χ4v) is 6.04. The number of hydrogen-bond acceptors (Lipinski definition) is 4. The molecule has 4 atom stereocenters. The van der Waals surface area contributed by atoms with E-state index >= 15 is 0 Å². The van der Waals surface area contributed by atoms with Gasteiger partial charge in [0.2, 0.25) is 12.8 Å². The van der Waals surface area contributed by atoms with Crippen LogP contribution in [0.25, 0.3) is 0 Å². The third-order valence-electron chi connectivity index (χ3n) is 7.31. The summed E-state index contributed by atoms with van der Waals surface area (Å²) in [6.45, 7) is 3.35. The van der Waals surface area contributed by atoms with Gasteiger partial charge in [-0.2, -0.15) is 0 Å². The molecule has 2 fully saturated rings. The van der Waals surface area contributed by atoms with E-state index in [4.69, 9.17) is 0 Å². The maximum absolute atomic E-state index is 12.9. The Morgan fingerprint density at radius 1 is 0.625 bits per heavy atom. The van der Waals surface area contributed by atoms with Crippen molar-refractivity contribution in [1.29, 1.82) is 0 Å². The summed E-state index contributed by atoms with van der Waals surface area (Å²) in [5.74, 6) is 0.249. The summed E-state index contributed by atoms with van der Waals surface area (Å²) in [5, 5.41) is 0. The van der Waals surface area contributed by atoms with Gasteiger partial charge in [0.1, 0.15) is 0 Å². The van der Waals surface area contributed by atoms with E-state index in [-0.39, 0.29) is 34.8 Å². The van der Waals surface area contributed by atoms with Gasteiger partial charge in [0.15, 0.2) is 0 Å². The van der Waals surface area contributed by atoms with Crippen LogP contribution in [-0.4, -0.2) is 57.9 Å². The first kappa shape index (κ1) is 20.7. The Hall–Kier alpha value is -3.16. The summed E-state index contributed by atoms with van der Waals surface area (Å²) in [7, 11) is 0. The van der Waals surface area contributed by atoms with Crippen molar-refractivity contribution in [2.24, 2.45) is 11.8 Å².